The Labute approximate surface area is 91.5 Å². The van der Waals surface area contributed by atoms with Crippen LogP contribution in [0.2, 0.25) is 0 Å². The predicted molar refractivity (Wildman–Crippen MR) is 60.9 cm³/mol. The van der Waals surface area contributed by atoms with Crippen LogP contribution in [-0.4, -0.2) is 7.11 Å². The van der Waals surface area contributed by atoms with E-state index in [4.69, 9.17) is 10.00 Å². The molecule has 0 fully saturated rings. The monoisotopic (exact) mass is 203 g/mol. The van der Waals surface area contributed by atoms with E-state index in [2.05, 4.69) is 26.0 Å². The molecular formula is C13H17NO. The van der Waals surface area contributed by atoms with Gasteiger partial charge in [-0.3, -0.25) is 0 Å². The van der Waals surface area contributed by atoms with Crippen LogP contribution in [0.4, 0.5) is 0 Å². The van der Waals surface area contributed by atoms with Crippen molar-refractivity contribution in [2.45, 2.75) is 32.1 Å². The van der Waals surface area contributed by atoms with Gasteiger partial charge < -0.3 is 4.74 Å². The third-order valence-electron chi connectivity index (χ3n) is 3.02. The second-order valence-electron chi connectivity index (χ2n) is 3.98. The van der Waals surface area contributed by atoms with E-state index >= 15 is 0 Å². The van der Waals surface area contributed by atoms with Crippen LogP contribution in [0.5, 0.6) is 5.75 Å². The van der Waals surface area contributed by atoms with Gasteiger partial charge in [-0.2, -0.15) is 5.26 Å². The van der Waals surface area contributed by atoms with Crippen molar-refractivity contribution in [3.05, 3.63) is 29.8 Å². The molecule has 1 unspecified atom stereocenters. The minimum atomic E-state index is -0.0662. The number of benzene rings is 1. The molecule has 0 heterocycles. The van der Waals surface area contributed by atoms with Gasteiger partial charge in [-0.05, 0) is 24.1 Å². The normalized spacial score (nSPS) is 14.0. The summed E-state index contributed by atoms with van der Waals surface area (Å²) in [7, 11) is 1.66. The summed E-state index contributed by atoms with van der Waals surface area (Å²) >= 11 is 0. The Morgan fingerprint density at radius 1 is 1.47 bits per heavy atom. The smallest absolute Gasteiger partial charge is 0.119 e. The third kappa shape index (κ3) is 2.50. The molecule has 0 saturated carbocycles. The van der Waals surface area contributed by atoms with Crippen LogP contribution >= 0.6 is 0 Å². The second kappa shape index (κ2) is 4.84. The Morgan fingerprint density at radius 2 is 2.20 bits per heavy atom. The number of ether oxygens (including phenoxy) is 1. The molecule has 0 bridgehead atoms. The average molecular weight is 203 g/mol. The van der Waals surface area contributed by atoms with Gasteiger partial charge in [0, 0.05) is 11.8 Å². The van der Waals surface area contributed by atoms with Gasteiger partial charge in [-0.15, -0.1) is 0 Å². The largest absolute Gasteiger partial charge is 0.497 e. The molecule has 0 N–H and O–H groups in total. The van der Waals surface area contributed by atoms with E-state index in [9.17, 15) is 0 Å². The summed E-state index contributed by atoms with van der Waals surface area (Å²) in [5.74, 6) is 0.852. The van der Waals surface area contributed by atoms with E-state index in [-0.39, 0.29) is 5.41 Å². The molecule has 0 spiro atoms. The Morgan fingerprint density at radius 3 is 2.73 bits per heavy atom. The standard InChI is InChI=1S/C13H17NO/c1-4-13(2,8-9-14)11-6-5-7-12(10-11)15-3/h5-7,10H,4,8H2,1-3H3. The molecule has 2 heteroatoms. The summed E-state index contributed by atoms with van der Waals surface area (Å²) in [6.07, 6.45) is 1.49. The van der Waals surface area contributed by atoms with E-state index < -0.39 is 0 Å². The van der Waals surface area contributed by atoms with Crippen LogP contribution in [0.3, 0.4) is 0 Å². The lowest BCUT2D eigenvalue weighted by atomic mass is 9.78. The molecule has 2 nitrogen and oxygen atoms in total. The maximum absolute atomic E-state index is 8.84. The zero-order chi connectivity index (χ0) is 11.3. The van der Waals surface area contributed by atoms with Crippen molar-refractivity contribution in [3.63, 3.8) is 0 Å². The lowest BCUT2D eigenvalue weighted by Gasteiger charge is -2.26. The summed E-state index contributed by atoms with van der Waals surface area (Å²) in [4.78, 5) is 0. The van der Waals surface area contributed by atoms with Crippen LogP contribution in [0.25, 0.3) is 0 Å². The third-order valence-corrected chi connectivity index (χ3v) is 3.02. The highest BCUT2D eigenvalue weighted by molar-refractivity contribution is 5.34. The first-order chi connectivity index (χ1) is 7.16. The van der Waals surface area contributed by atoms with Gasteiger partial charge in [0.15, 0.2) is 0 Å². The number of nitrogens with zero attached hydrogens (tertiary/aromatic N) is 1. The Kier molecular flexibility index (Phi) is 3.74. The highest BCUT2D eigenvalue weighted by Gasteiger charge is 2.24. The first-order valence-corrected chi connectivity index (χ1v) is 5.18. The molecule has 0 saturated heterocycles. The Hall–Kier alpha value is -1.49. The summed E-state index contributed by atoms with van der Waals surface area (Å²) in [6.45, 7) is 4.22. The Bertz CT molecular complexity index is 367. The van der Waals surface area contributed by atoms with Crippen LogP contribution in [-0.2, 0) is 5.41 Å². The lowest BCUT2D eigenvalue weighted by Crippen LogP contribution is -2.19. The minimum Gasteiger partial charge on any atom is -0.497 e. The maximum atomic E-state index is 8.84. The van der Waals surface area contributed by atoms with Crippen LogP contribution in [0.1, 0.15) is 32.3 Å². The van der Waals surface area contributed by atoms with Gasteiger partial charge >= 0.3 is 0 Å². The van der Waals surface area contributed by atoms with Gasteiger partial charge in [0.1, 0.15) is 5.75 Å². The summed E-state index contributed by atoms with van der Waals surface area (Å²) in [5, 5.41) is 8.84. The van der Waals surface area contributed by atoms with E-state index in [0.29, 0.717) is 6.42 Å². The SMILES string of the molecule is CCC(C)(CC#N)c1cccc(OC)c1. The maximum Gasteiger partial charge on any atom is 0.119 e. The first-order valence-electron chi connectivity index (χ1n) is 5.18. The fourth-order valence-corrected chi connectivity index (χ4v) is 1.60. The van der Waals surface area contributed by atoms with E-state index in [0.717, 1.165) is 12.2 Å². The number of rotatable bonds is 4. The number of methoxy groups -OCH3 is 1. The average Bonchev–Trinajstić information content (AvgIpc) is 2.29. The van der Waals surface area contributed by atoms with Crippen molar-refractivity contribution in [2.24, 2.45) is 0 Å². The second-order valence-corrected chi connectivity index (χ2v) is 3.98. The van der Waals surface area contributed by atoms with Gasteiger partial charge in [0.05, 0.1) is 13.2 Å². The fraction of sp³-hybridized carbons (Fsp3) is 0.462. The fourth-order valence-electron chi connectivity index (χ4n) is 1.60. The molecule has 80 valence electrons. The molecule has 15 heavy (non-hydrogen) atoms. The Balaban J connectivity index is 3.07. The van der Waals surface area contributed by atoms with Crippen LogP contribution in [0.15, 0.2) is 24.3 Å². The molecule has 0 aromatic heterocycles. The zero-order valence-corrected chi connectivity index (χ0v) is 9.58. The van der Waals surface area contributed by atoms with Crippen molar-refractivity contribution >= 4 is 0 Å². The molecule has 0 aliphatic heterocycles. The molecular weight excluding hydrogens is 186 g/mol. The van der Waals surface area contributed by atoms with Gasteiger partial charge in [-0.1, -0.05) is 26.0 Å². The van der Waals surface area contributed by atoms with Crippen LogP contribution in [0, 0.1) is 11.3 Å². The molecule has 0 radical (unpaired) electrons. The van der Waals surface area contributed by atoms with Crippen molar-refractivity contribution in [1.29, 1.82) is 5.26 Å². The van der Waals surface area contributed by atoms with Gasteiger partial charge in [-0.25, -0.2) is 0 Å². The van der Waals surface area contributed by atoms with E-state index in [1.807, 2.05) is 18.2 Å². The molecule has 0 aliphatic rings. The number of hydrogen-bond acceptors (Lipinski definition) is 2. The quantitative estimate of drug-likeness (QED) is 0.752. The highest BCUT2D eigenvalue weighted by atomic mass is 16.5. The number of nitriles is 1. The van der Waals surface area contributed by atoms with E-state index in [1.165, 1.54) is 5.56 Å². The molecule has 1 aromatic rings. The zero-order valence-electron chi connectivity index (χ0n) is 9.58. The summed E-state index contributed by atoms with van der Waals surface area (Å²) in [6, 6.07) is 10.2. The van der Waals surface area contributed by atoms with Crippen molar-refractivity contribution in [2.75, 3.05) is 7.11 Å². The lowest BCUT2D eigenvalue weighted by molar-refractivity contribution is 0.409. The summed E-state index contributed by atoms with van der Waals surface area (Å²) in [5.41, 5.74) is 1.11. The van der Waals surface area contributed by atoms with Crippen molar-refractivity contribution in [3.8, 4) is 11.8 Å². The topological polar surface area (TPSA) is 33.0 Å². The number of hydrogen-bond donors (Lipinski definition) is 0. The van der Waals surface area contributed by atoms with Crippen molar-refractivity contribution in [1.82, 2.24) is 0 Å². The van der Waals surface area contributed by atoms with E-state index in [1.54, 1.807) is 7.11 Å². The highest BCUT2D eigenvalue weighted by Crippen LogP contribution is 2.32. The molecule has 0 aliphatic carbocycles. The van der Waals surface area contributed by atoms with Gasteiger partial charge in [0.2, 0.25) is 0 Å². The molecule has 0 amide bonds. The first kappa shape index (κ1) is 11.6. The molecule has 1 rings (SSSR count). The van der Waals surface area contributed by atoms with Crippen LogP contribution < -0.4 is 4.74 Å². The predicted octanol–water partition coefficient (Wildman–Crippen LogP) is 3.28. The minimum absolute atomic E-state index is 0.0662. The summed E-state index contributed by atoms with van der Waals surface area (Å²) < 4.78 is 5.19. The molecule has 1 atom stereocenters. The molecule has 1 aromatic carbocycles. The van der Waals surface area contributed by atoms with Crippen molar-refractivity contribution < 1.29 is 4.74 Å². The van der Waals surface area contributed by atoms with Gasteiger partial charge in [0.25, 0.3) is 0 Å².